The Morgan fingerprint density at radius 3 is 1.94 bits per heavy atom. The van der Waals surface area contributed by atoms with Gasteiger partial charge in [0.25, 0.3) is 5.91 Å². The third-order valence-corrected chi connectivity index (χ3v) is 6.91. The number of thiazole rings is 1. The van der Waals surface area contributed by atoms with Crippen molar-refractivity contribution in [3.05, 3.63) is 107 Å². The standard InChI is InChI=1S/C29H29N3O3S/c1-20(2)26(29(34)35)31-27(33)28-30-17-25(36-28)23-13-15-24(16-14-23)32(18-21-9-5-3-6-10-21)19-22-11-7-4-8-12-22/h3-17,20,26H,18-19H2,1-2H3,(H,31,33)(H,34,35). The first-order valence-corrected chi connectivity index (χ1v) is 12.6. The summed E-state index contributed by atoms with van der Waals surface area (Å²) < 4.78 is 0. The highest BCUT2D eigenvalue weighted by molar-refractivity contribution is 7.17. The van der Waals surface area contributed by atoms with Gasteiger partial charge in [-0.2, -0.15) is 0 Å². The molecular weight excluding hydrogens is 470 g/mol. The van der Waals surface area contributed by atoms with Gasteiger partial charge in [0, 0.05) is 25.0 Å². The van der Waals surface area contributed by atoms with Crippen molar-refractivity contribution in [1.29, 1.82) is 0 Å². The monoisotopic (exact) mass is 499 g/mol. The third kappa shape index (κ3) is 6.37. The van der Waals surface area contributed by atoms with E-state index >= 15 is 0 Å². The maximum atomic E-state index is 12.6. The SMILES string of the molecule is CC(C)C(NC(=O)c1ncc(-c2ccc(N(Cc3ccccc3)Cc3ccccc3)cc2)s1)C(=O)O. The molecule has 1 unspecified atom stereocenters. The smallest absolute Gasteiger partial charge is 0.326 e. The van der Waals surface area contributed by atoms with Crippen LogP contribution in [0, 0.1) is 5.92 Å². The predicted octanol–water partition coefficient (Wildman–Crippen LogP) is 5.86. The highest BCUT2D eigenvalue weighted by Crippen LogP contribution is 2.29. The molecule has 0 bridgehead atoms. The average Bonchev–Trinajstić information content (AvgIpc) is 3.38. The Kier molecular flexibility index (Phi) is 8.13. The molecule has 0 aliphatic carbocycles. The highest BCUT2D eigenvalue weighted by Gasteiger charge is 2.25. The molecule has 0 aliphatic rings. The van der Waals surface area contributed by atoms with E-state index in [1.807, 2.05) is 24.3 Å². The Balaban J connectivity index is 1.52. The van der Waals surface area contributed by atoms with Crippen LogP contribution < -0.4 is 10.2 Å². The van der Waals surface area contributed by atoms with Gasteiger partial charge in [0.1, 0.15) is 6.04 Å². The summed E-state index contributed by atoms with van der Waals surface area (Å²) in [7, 11) is 0. The number of carbonyl (C=O) groups is 2. The van der Waals surface area contributed by atoms with Crippen LogP contribution in [0.1, 0.15) is 34.8 Å². The Bertz CT molecular complexity index is 1250. The van der Waals surface area contributed by atoms with Crippen molar-refractivity contribution in [2.45, 2.75) is 33.0 Å². The summed E-state index contributed by atoms with van der Waals surface area (Å²) in [6.45, 7) is 5.07. The molecule has 1 amide bonds. The number of anilines is 1. The molecule has 0 saturated heterocycles. The van der Waals surface area contributed by atoms with E-state index in [0.717, 1.165) is 29.2 Å². The lowest BCUT2D eigenvalue weighted by molar-refractivity contribution is -0.140. The van der Waals surface area contributed by atoms with Gasteiger partial charge in [-0.25, -0.2) is 9.78 Å². The fourth-order valence-corrected chi connectivity index (χ4v) is 4.74. The van der Waals surface area contributed by atoms with Crippen LogP contribution in [0.3, 0.4) is 0 Å². The molecule has 36 heavy (non-hydrogen) atoms. The second kappa shape index (κ2) is 11.6. The molecule has 6 nitrogen and oxygen atoms in total. The van der Waals surface area contributed by atoms with Crippen molar-refractivity contribution in [1.82, 2.24) is 10.3 Å². The van der Waals surface area contributed by atoms with Crippen molar-refractivity contribution < 1.29 is 14.7 Å². The van der Waals surface area contributed by atoms with E-state index in [9.17, 15) is 14.7 Å². The topological polar surface area (TPSA) is 82.5 Å². The van der Waals surface area contributed by atoms with E-state index in [1.54, 1.807) is 20.0 Å². The third-order valence-electron chi connectivity index (χ3n) is 5.87. The molecule has 0 aliphatic heterocycles. The minimum Gasteiger partial charge on any atom is -0.480 e. The van der Waals surface area contributed by atoms with Crippen LogP contribution in [0.15, 0.2) is 91.1 Å². The number of hydrogen-bond donors (Lipinski definition) is 2. The lowest BCUT2D eigenvalue weighted by Gasteiger charge is -2.25. The molecule has 7 heteroatoms. The number of carbonyl (C=O) groups excluding carboxylic acids is 1. The average molecular weight is 500 g/mol. The van der Waals surface area contributed by atoms with Crippen LogP contribution in [0.2, 0.25) is 0 Å². The zero-order valence-electron chi connectivity index (χ0n) is 20.3. The number of aromatic nitrogens is 1. The molecule has 184 valence electrons. The van der Waals surface area contributed by atoms with Gasteiger partial charge in [-0.15, -0.1) is 11.3 Å². The molecule has 2 N–H and O–H groups in total. The predicted molar refractivity (Wildman–Crippen MR) is 144 cm³/mol. The van der Waals surface area contributed by atoms with Crippen molar-refractivity contribution >= 4 is 28.9 Å². The van der Waals surface area contributed by atoms with Gasteiger partial charge in [0.05, 0.1) is 4.88 Å². The van der Waals surface area contributed by atoms with Crippen LogP contribution in [0.25, 0.3) is 10.4 Å². The van der Waals surface area contributed by atoms with E-state index < -0.39 is 17.9 Å². The molecule has 1 atom stereocenters. The molecule has 4 rings (SSSR count). The number of benzene rings is 3. The largest absolute Gasteiger partial charge is 0.480 e. The number of carboxylic acids is 1. The zero-order valence-corrected chi connectivity index (χ0v) is 21.1. The molecule has 1 aromatic heterocycles. The number of carboxylic acid groups (broad SMARTS) is 1. The first kappa shape index (κ1) is 25.1. The molecule has 0 fully saturated rings. The summed E-state index contributed by atoms with van der Waals surface area (Å²) in [6.07, 6.45) is 1.66. The summed E-state index contributed by atoms with van der Waals surface area (Å²) in [5.41, 5.74) is 4.51. The van der Waals surface area contributed by atoms with Gasteiger partial charge >= 0.3 is 5.97 Å². The second-order valence-corrected chi connectivity index (χ2v) is 9.97. The lowest BCUT2D eigenvalue weighted by atomic mass is 10.1. The molecule has 1 heterocycles. The minimum absolute atomic E-state index is 0.229. The fraction of sp³-hybridized carbons (Fsp3) is 0.207. The van der Waals surface area contributed by atoms with Crippen molar-refractivity contribution in [3.63, 3.8) is 0 Å². The van der Waals surface area contributed by atoms with Crippen LogP contribution >= 0.6 is 11.3 Å². The fourth-order valence-electron chi connectivity index (χ4n) is 3.91. The van der Waals surface area contributed by atoms with Crippen LogP contribution in [0.4, 0.5) is 5.69 Å². The van der Waals surface area contributed by atoms with E-state index in [0.29, 0.717) is 0 Å². The molecule has 4 aromatic rings. The normalized spacial score (nSPS) is 11.8. The van der Waals surface area contributed by atoms with Crippen LogP contribution in [-0.2, 0) is 17.9 Å². The van der Waals surface area contributed by atoms with Gasteiger partial charge in [-0.05, 0) is 34.7 Å². The lowest BCUT2D eigenvalue weighted by Crippen LogP contribution is -2.44. The second-order valence-electron chi connectivity index (χ2n) is 8.94. The molecule has 0 spiro atoms. The summed E-state index contributed by atoms with van der Waals surface area (Å²) in [5.74, 6) is -1.75. The minimum atomic E-state index is -1.05. The van der Waals surface area contributed by atoms with Gasteiger partial charge in [-0.3, -0.25) is 4.79 Å². The zero-order chi connectivity index (χ0) is 25.5. The van der Waals surface area contributed by atoms with Crippen LogP contribution in [0.5, 0.6) is 0 Å². The summed E-state index contributed by atoms with van der Waals surface area (Å²) >= 11 is 1.25. The maximum absolute atomic E-state index is 12.6. The van der Waals surface area contributed by atoms with Gasteiger partial charge in [0.15, 0.2) is 5.01 Å². The summed E-state index contributed by atoms with van der Waals surface area (Å²) in [5, 5.41) is 12.2. The van der Waals surface area contributed by atoms with Gasteiger partial charge in [-0.1, -0.05) is 86.6 Å². The number of rotatable bonds is 10. The van der Waals surface area contributed by atoms with Crippen molar-refractivity contribution in [2.75, 3.05) is 4.90 Å². The van der Waals surface area contributed by atoms with E-state index in [4.69, 9.17) is 0 Å². The number of nitrogens with one attached hydrogen (secondary N) is 1. The molecule has 0 saturated carbocycles. The Morgan fingerprint density at radius 2 is 1.44 bits per heavy atom. The van der Waals surface area contributed by atoms with E-state index in [2.05, 4.69) is 75.9 Å². The first-order valence-electron chi connectivity index (χ1n) is 11.8. The quantitative estimate of drug-likeness (QED) is 0.286. The van der Waals surface area contributed by atoms with Crippen molar-refractivity contribution in [2.24, 2.45) is 5.92 Å². The van der Waals surface area contributed by atoms with E-state index in [-0.39, 0.29) is 10.9 Å². The first-order chi connectivity index (χ1) is 17.4. The van der Waals surface area contributed by atoms with Gasteiger partial charge < -0.3 is 15.3 Å². The molecular formula is C29H29N3O3S. The van der Waals surface area contributed by atoms with Gasteiger partial charge in [0.2, 0.25) is 0 Å². The maximum Gasteiger partial charge on any atom is 0.326 e. The number of nitrogens with zero attached hydrogens (tertiary/aromatic N) is 2. The van der Waals surface area contributed by atoms with Crippen LogP contribution in [-0.4, -0.2) is 28.0 Å². The summed E-state index contributed by atoms with van der Waals surface area (Å²) in [4.78, 5) is 31.4. The Morgan fingerprint density at radius 1 is 0.889 bits per heavy atom. The number of hydrogen-bond acceptors (Lipinski definition) is 5. The number of aliphatic carboxylic acids is 1. The molecule has 0 radical (unpaired) electrons. The molecule has 3 aromatic carbocycles. The van der Waals surface area contributed by atoms with Crippen molar-refractivity contribution in [3.8, 4) is 10.4 Å². The highest BCUT2D eigenvalue weighted by atomic mass is 32.1. The van der Waals surface area contributed by atoms with E-state index in [1.165, 1.54) is 22.5 Å². The number of amides is 1. The Labute approximate surface area is 215 Å². The summed E-state index contributed by atoms with van der Waals surface area (Å²) in [6, 6.07) is 28.0. The Hall–Kier alpha value is -3.97.